The van der Waals surface area contributed by atoms with Gasteiger partial charge in [0.1, 0.15) is 5.75 Å². The van der Waals surface area contributed by atoms with Crippen LogP contribution >= 0.6 is 0 Å². The highest BCUT2D eigenvalue weighted by atomic mass is 28.3. The van der Waals surface area contributed by atoms with Crippen LogP contribution in [0.5, 0.6) is 5.75 Å². The Morgan fingerprint density at radius 2 is 0.929 bits per heavy atom. The summed E-state index contributed by atoms with van der Waals surface area (Å²) < 4.78 is 0. The predicted octanol–water partition coefficient (Wildman–Crippen LogP) is 6.29. The molecule has 0 spiro atoms. The molecular formula is C39H33NOSi. The number of nitrogens with zero attached hydrogens (tertiary/aromatic N) is 1. The van der Waals surface area contributed by atoms with Crippen LogP contribution in [0.3, 0.4) is 0 Å². The van der Waals surface area contributed by atoms with E-state index >= 15 is 0 Å². The lowest BCUT2D eigenvalue weighted by molar-refractivity contribution is 0.478. The number of benzene rings is 6. The van der Waals surface area contributed by atoms with Crippen LogP contribution in [0.4, 0.5) is 0 Å². The van der Waals surface area contributed by atoms with E-state index in [9.17, 15) is 5.11 Å². The van der Waals surface area contributed by atoms with Crippen LogP contribution in [-0.4, -0.2) is 19.4 Å². The summed E-state index contributed by atoms with van der Waals surface area (Å²) in [7, 11) is -2.90. The molecule has 2 nitrogen and oxygen atoms in total. The first-order chi connectivity index (χ1) is 20.7. The minimum Gasteiger partial charge on any atom is -0.507 e. The second-order valence-electron chi connectivity index (χ2n) is 10.6. The molecule has 6 aromatic carbocycles. The van der Waals surface area contributed by atoms with Crippen LogP contribution < -0.4 is 20.7 Å². The van der Waals surface area contributed by atoms with E-state index in [0.29, 0.717) is 0 Å². The molecule has 6 rings (SSSR count). The molecule has 0 saturated carbocycles. The van der Waals surface area contributed by atoms with Gasteiger partial charge in [0.2, 0.25) is 0 Å². The van der Waals surface area contributed by atoms with Gasteiger partial charge >= 0.3 is 0 Å². The Labute approximate surface area is 249 Å². The van der Waals surface area contributed by atoms with Crippen LogP contribution in [0.2, 0.25) is 0 Å². The number of phenols is 1. The molecule has 204 valence electrons. The van der Waals surface area contributed by atoms with E-state index < -0.39 is 8.07 Å². The van der Waals surface area contributed by atoms with Gasteiger partial charge in [-0.2, -0.15) is 0 Å². The van der Waals surface area contributed by atoms with E-state index in [2.05, 4.69) is 128 Å². The fourth-order valence-corrected chi connectivity index (χ4v) is 11.0. The summed E-state index contributed by atoms with van der Waals surface area (Å²) in [5, 5.41) is 16.9. The molecule has 42 heavy (non-hydrogen) atoms. The van der Waals surface area contributed by atoms with Crippen LogP contribution in [0.15, 0.2) is 169 Å². The third-order valence-electron chi connectivity index (χ3n) is 7.90. The van der Waals surface area contributed by atoms with Gasteiger partial charge in [-0.05, 0) is 44.9 Å². The maximum atomic E-state index is 12.2. The number of aliphatic imine (C=N–C) groups is 1. The lowest BCUT2D eigenvalue weighted by atomic mass is 9.99. The molecule has 0 heterocycles. The second kappa shape index (κ2) is 12.3. The molecule has 0 aliphatic rings. The number of hydrogen-bond donors (Lipinski definition) is 1. The highest BCUT2D eigenvalue weighted by Gasteiger charge is 2.43. The number of phenolic OH excluding ortho intramolecular Hbond substituents is 1. The van der Waals surface area contributed by atoms with Crippen molar-refractivity contribution in [2.24, 2.45) is 4.99 Å². The van der Waals surface area contributed by atoms with Crippen LogP contribution in [-0.2, 0) is 0 Å². The summed E-state index contributed by atoms with van der Waals surface area (Å²) in [5.74, 6) is 0.285. The molecule has 0 unspecified atom stereocenters. The normalized spacial score (nSPS) is 11.7. The second-order valence-corrected chi connectivity index (χ2v) is 14.4. The average molecular weight is 560 g/mol. The fraction of sp³-hybridized carbons (Fsp3) is 0.0513. The zero-order valence-electron chi connectivity index (χ0n) is 23.6. The SMILES string of the molecule is Cc1cc(C=NC(c2ccccc2)c2ccccc2)c(O)c([Si](c2ccccc2)(c2ccccc2)c2ccccc2)c1. The number of aromatic hydroxyl groups is 1. The van der Waals surface area contributed by atoms with Gasteiger partial charge in [-0.25, -0.2) is 0 Å². The first kappa shape index (κ1) is 27.2. The van der Waals surface area contributed by atoms with E-state index in [0.717, 1.165) is 27.4 Å². The number of aryl methyl sites for hydroxylation is 1. The van der Waals surface area contributed by atoms with Crippen LogP contribution in [0, 0.1) is 6.92 Å². The summed E-state index contributed by atoms with van der Waals surface area (Å²) in [5.41, 5.74) is 4.02. The Morgan fingerprint density at radius 1 is 0.548 bits per heavy atom. The van der Waals surface area contributed by atoms with Crippen molar-refractivity contribution in [3.05, 3.63) is 186 Å². The van der Waals surface area contributed by atoms with Crippen molar-refractivity contribution in [1.29, 1.82) is 0 Å². The van der Waals surface area contributed by atoms with Crippen molar-refractivity contribution in [1.82, 2.24) is 0 Å². The molecule has 0 bridgehead atoms. The first-order valence-electron chi connectivity index (χ1n) is 14.3. The maximum Gasteiger partial charge on any atom is 0.183 e. The topological polar surface area (TPSA) is 32.6 Å². The summed E-state index contributed by atoms with van der Waals surface area (Å²) in [6, 6.07) is 56.7. The van der Waals surface area contributed by atoms with E-state index in [1.54, 1.807) is 0 Å². The molecule has 0 aliphatic carbocycles. The Kier molecular flexibility index (Phi) is 7.93. The van der Waals surface area contributed by atoms with Crippen LogP contribution in [0.25, 0.3) is 0 Å². The number of rotatable bonds is 8. The Bertz CT molecular complexity index is 1630. The van der Waals surface area contributed by atoms with Crippen molar-refractivity contribution >= 4 is 35.0 Å². The van der Waals surface area contributed by atoms with Gasteiger partial charge in [0.25, 0.3) is 0 Å². The molecule has 0 fully saturated rings. The summed E-state index contributed by atoms with van der Waals surface area (Å²) in [6.07, 6.45) is 1.86. The Morgan fingerprint density at radius 3 is 1.33 bits per heavy atom. The smallest absolute Gasteiger partial charge is 0.183 e. The standard InChI is InChI=1S/C39H33NOSi/c1-30-27-33(29-40-38(31-17-7-2-8-18-31)32-19-9-3-10-20-32)39(41)37(28-30)42(34-21-11-4-12-22-34,35-23-13-5-14-24-35)36-25-15-6-16-26-36/h2-29,38,41H,1H3. The van der Waals surface area contributed by atoms with E-state index in [-0.39, 0.29) is 11.8 Å². The molecule has 0 radical (unpaired) electrons. The lowest BCUT2D eigenvalue weighted by Crippen LogP contribution is -2.74. The predicted molar refractivity (Wildman–Crippen MR) is 179 cm³/mol. The molecule has 0 saturated heterocycles. The average Bonchev–Trinajstić information content (AvgIpc) is 3.06. The Balaban J connectivity index is 1.59. The molecular weight excluding hydrogens is 527 g/mol. The van der Waals surface area contributed by atoms with E-state index in [1.807, 2.05) is 48.7 Å². The minimum absolute atomic E-state index is 0.185. The first-order valence-corrected chi connectivity index (χ1v) is 16.3. The van der Waals surface area contributed by atoms with E-state index in [4.69, 9.17) is 4.99 Å². The van der Waals surface area contributed by atoms with Gasteiger partial charge in [-0.3, -0.25) is 4.99 Å². The third-order valence-corrected chi connectivity index (χ3v) is 12.7. The van der Waals surface area contributed by atoms with Gasteiger partial charge in [0.15, 0.2) is 8.07 Å². The van der Waals surface area contributed by atoms with Crippen molar-refractivity contribution in [2.75, 3.05) is 0 Å². The van der Waals surface area contributed by atoms with Crippen LogP contribution in [0.1, 0.15) is 28.3 Å². The molecule has 0 aromatic heterocycles. The Hall–Kier alpha value is -4.99. The highest BCUT2D eigenvalue weighted by molar-refractivity contribution is 7.20. The molecule has 1 N–H and O–H groups in total. The maximum absolute atomic E-state index is 12.2. The van der Waals surface area contributed by atoms with E-state index in [1.165, 1.54) is 15.6 Å². The van der Waals surface area contributed by atoms with Crippen molar-refractivity contribution in [2.45, 2.75) is 13.0 Å². The van der Waals surface area contributed by atoms with Gasteiger partial charge in [0, 0.05) is 11.8 Å². The zero-order valence-corrected chi connectivity index (χ0v) is 24.6. The quantitative estimate of drug-likeness (QED) is 0.133. The monoisotopic (exact) mass is 559 g/mol. The minimum atomic E-state index is -2.90. The van der Waals surface area contributed by atoms with Gasteiger partial charge in [0.05, 0.1) is 6.04 Å². The molecule has 6 aromatic rings. The molecule has 0 amide bonds. The summed E-state index contributed by atoms with van der Waals surface area (Å²) >= 11 is 0. The van der Waals surface area contributed by atoms with Crippen molar-refractivity contribution in [3.8, 4) is 5.75 Å². The molecule has 3 heteroatoms. The largest absolute Gasteiger partial charge is 0.507 e. The number of hydrogen-bond acceptors (Lipinski definition) is 2. The molecule has 0 atom stereocenters. The molecule has 0 aliphatic heterocycles. The lowest BCUT2D eigenvalue weighted by Gasteiger charge is -2.35. The van der Waals surface area contributed by atoms with Gasteiger partial charge in [-0.1, -0.05) is 163 Å². The summed E-state index contributed by atoms with van der Waals surface area (Å²) in [6.45, 7) is 2.10. The van der Waals surface area contributed by atoms with Gasteiger partial charge < -0.3 is 5.11 Å². The van der Waals surface area contributed by atoms with Crippen molar-refractivity contribution in [3.63, 3.8) is 0 Å². The third kappa shape index (κ3) is 5.23. The van der Waals surface area contributed by atoms with Gasteiger partial charge in [-0.15, -0.1) is 0 Å². The summed E-state index contributed by atoms with van der Waals surface area (Å²) in [4.78, 5) is 5.11. The van der Waals surface area contributed by atoms with Crippen molar-refractivity contribution < 1.29 is 5.11 Å². The fourth-order valence-electron chi connectivity index (χ4n) is 6.01. The highest BCUT2D eigenvalue weighted by Crippen LogP contribution is 2.27. The zero-order chi connectivity index (χ0) is 28.8.